The maximum absolute atomic E-state index is 11.9. The van der Waals surface area contributed by atoms with Crippen LogP contribution < -0.4 is 10.6 Å². The predicted molar refractivity (Wildman–Crippen MR) is 65.4 cm³/mol. The van der Waals surface area contributed by atoms with Crippen LogP contribution in [0.1, 0.15) is 26.5 Å². The molecule has 0 radical (unpaired) electrons. The fourth-order valence-electron chi connectivity index (χ4n) is 1.35. The van der Waals surface area contributed by atoms with Crippen molar-refractivity contribution in [2.45, 2.75) is 33.2 Å². The first-order valence-electron chi connectivity index (χ1n) is 5.45. The monoisotopic (exact) mass is 221 g/mol. The van der Waals surface area contributed by atoms with Crippen molar-refractivity contribution in [3.8, 4) is 0 Å². The lowest BCUT2D eigenvalue weighted by Gasteiger charge is -2.24. The Hall–Kier alpha value is -1.42. The van der Waals surface area contributed by atoms with Gasteiger partial charge in [-0.3, -0.25) is 9.78 Å². The third kappa shape index (κ3) is 3.31. The zero-order valence-electron chi connectivity index (χ0n) is 10.3. The maximum atomic E-state index is 11.9. The molecule has 2 N–H and O–H groups in total. The lowest BCUT2D eigenvalue weighted by atomic mass is 10.0. The third-order valence-electron chi connectivity index (χ3n) is 2.36. The fourth-order valence-corrected chi connectivity index (χ4v) is 1.35. The minimum atomic E-state index is -0.570. The van der Waals surface area contributed by atoms with Crippen LogP contribution in [0.3, 0.4) is 0 Å². The smallest absolute Gasteiger partial charge is 0.244 e. The summed E-state index contributed by atoms with van der Waals surface area (Å²) in [5.74, 6) is -0.0556. The van der Waals surface area contributed by atoms with Gasteiger partial charge in [0, 0.05) is 5.69 Å². The SMILES string of the molecule is CCNC(C)(C)C(=O)Nc1ccc(C)nc1. The molecule has 0 spiro atoms. The number of aromatic nitrogens is 1. The Morgan fingerprint density at radius 1 is 1.44 bits per heavy atom. The standard InChI is InChI=1S/C12H19N3O/c1-5-14-12(3,4)11(16)15-10-7-6-9(2)13-8-10/h6-8,14H,5H2,1-4H3,(H,15,16). The number of carbonyl (C=O) groups excluding carboxylic acids is 1. The summed E-state index contributed by atoms with van der Waals surface area (Å²) in [4.78, 5) is 16.0. The van der Waals surface area contributed by atoms with E-state index in [4.69, 9.17) is 0 Å². The van der Waals surface area contributed by atoms with Gasteiger partial charge in [0.05, 0.1) is 17.4 Å². The maximum Gasteiger partial charge on any atom is 0.244 e. The molecule has 4 nitrogen and oxygen atoms in total. The summed E-state index contributed by atoms with van der Waals surface area (Å²) in [6.07, 6.45) is 1.66. The van der Waals surface area contributed by atoms with Crippen LogP contribution in [0.4, 0.5) is 5.69 Å². The molecule has 0 aliphatic heterocycles. The van der Waals surface area contributed by atoms with Crippen LogP contribution in [0, 0.1) is 6.92 Å². The zero-order valence-corrected chi connectivity index (χ0v) is 10.3. The average molecular weight is 221 g/mol. The molecule has 0 aromatic carbocycles. The highest BCUT2D eigenvalue weighted by molar-refractivity contribution is 5.97. The van der Waals surface area contributed by atoms with E-state index in [1.807, 2.05) is 39.8 Å². The minimum absolute atomic E-state index is 0.0556. The van der Waals surface area contributed by atoms with Crippen LogP contribution in [0.15, 0.2) is 18.3 Å². The van der Waals surface area contributed by atoms with E-state index < -0.39 is 5.54 Å². The van der Waals surface area contributed by atoms with Gasteiger partial charge in [-0.15, -0.1) is 0 Å². The van der Waals surface area contributed by atoms with E-state index in [-0.39, 0.29) is 5.91 Å². The summed E-state index contributed by atoms with van der Waals surface area (Å²) < 4.78 is 0. The highest BCUT2D eigenvalue weighted by Gasteiger charge is 2.25. The number of hydrogen-bond acceptors (Lipinski definition) is 3. The van der Waals surface area contributed by atoms with Crippen molar-refractivity contribution < 1.29 is 4.79 Å². The molecular weight excluding hydrogens is 202 g/mol. The van der Waals surface area contributed by atoms with Gasteiger partial charge in [-0.25, -0.2) is 0 Å². The number of aryl methyl sites for hydroxylation is 1. The summed E-state index contributed by atoms with van der Waals surface area (Å²) in [5, 5.41) is 5.95. The molecule has 0 atom stereocenters. The molecule has 0 unspecified atom stereocenters. The molecule has 0 saturated carbocycles. The van der Waals surface area contributed by atoms with E-state index in [0.717, 1.165) is 17.9 Å². The molecular formula is C12H19N3O. The molecule has 1 amide bonds. The molecule has 0 aliphatic rings. The number of amides is 1. The van der Waals surface area contributed by atoms with Crippen molar-refractivity contribution in [2.24, 2.45) is 0 Å². The van der Waals surface area contributed by atoms with E-state index in [1.165, 1.54) is 0 Å². The van der Waals surface area contributed by atoms with Crippen molar-refractivity contribution in [3.05, 3.63) is 24.0 Å². The third-order valence-corrected chi connectivity index (χ3v) is 2.36. The Bertz CT molecular complexity index is 357. The van der Waals surface area contributed by atoms with Crippen molar-refractivity contribution in [2.75, 3.05) is 11.9 Å². The van der Waals surface area contributed by atoms with Crippen LogP contribution >= 0.6 is 0 Å². The van der Waals surface area contributed by atoms with Gasteiger partial charge in [-0.1, -0.05) is 6.92 Å². The van der Waals surface area contributed by atoms with Crippen LogP contribution in [-0.4, -0.2) is 23.0 Å². The summed E-state index contributed by atoms with van der Waals surface area (Å²) in [6, 6.07) is 3.72. The van der Waals surface area contributed by atoms with Crippen molar-refractivity contribution >= 4 is 11.6 Å². The van der Waals surface area contributed by atoms with Crippen molar-refractivity contribution in [1.82, 2.24) is 10.3 Å². The number of pyridine rings is 1. The number of anilines is 1. The highest BCUT2D eigenvalue weighted by atomic mass is 16.2. The summed E-state index contributed by atoms with van der Waals surface area (Å²) >= 11 is 0. The number of likely N-dealkylation sites (N-methyl/N-ethyl adjacent to an activating group) is 1. The lowest BCUT2D eigenvalue weighted by Crippen LogP contribution is -2.49. The summed E-state index contributed by atoms with van der Waals surface area (Å²) in [5.41, 5.74) is 1.09. The fraction of sp³-hybridized carbons (Fsp3) is 0.500. The van der Waals surface area contributed by atoms with Crippen LogP contribution in [0.25, 0.3) is 0 Å². The molecule has 1 rings (SSSR count). The van der Waals surface area contributed by atoms with E-state index >= 15 is 0 Å². The number of rotatable bonds is 4. The number of nitrogens with one attached hydrogen (secondary N) is 2. The Labute approximate surface area is 96.5 Å². The molecule has 88 valence electrons. The molecule has 0 aliphatic carbocycles. The predicted octanol–water partition coefficient (Wildman–Crippen LogP) is 1.72. The summed E-state index contributed by atoms with van der Waals surface area (Å²) in [7, 11) is 0. The molecule has 0 bridgehead atoms. The highest BCUT2D eigenvalue weighted by Crippen LogP contribution is 2.10. The van der Waals surface area contributed by atoms with E-state index in [9.17, 15) is 4.79 Å². The molecule has 1 aromatic rings. The lowest BCUT2D eigenvalue weighted by molar-refractivity contribution is -0.121. The first-order chi connectivity index (χ1) is 7.45. The van der Waals surface area contributed by atoms with E-state index in [1.54, 1.807) is 6.20 Å². The number of carbonyl (C=O) groups is 1. The summed E-state index contributed by atoms with van der Waals surface area (Å²) in [6.45, 7) is 8.35. The van der Waals surface area contributed by atoms with Crippen molar-refractivity contribution in [1.29, 1.82) is 0 Å². The largest absolute Gasteiger partial charge is 0.323 e. The molecule has 16 heavy (non-hydrogen) atoms. The Balaban J connectivity index is 2.67. The molecule has 0 saturated heterocycles. The number of hydrogen-bond donors (Lipinski definition) is 2. The van der Waals surface area contributed by atoms with Gasteiger partial charge in [-0.2, -0.15) is 0 Å². The second-order valence-corrected chi connectivity index (χ2v) is 4.30. The van der Waals surface area contributed by atoms with Crippen LogP contribution in [-0.2, 0) is 4.79 Å². The van der Waals surface area contributed by atoms with E-state index in [0.29, 0.717) is 0 Å². The van der Waals surface area contributed by atoms with Gasteiger partial charge in [0.1, 0.15) is 0 Å². The van der Waals surface area contributed by atoms with Crippen molar-refractivity contribution in [3.63, 3.8) is 0 Å². The zero-order chi connectivity index (χ0) is 12.2. The quantitative estimate of drug-likeness (QED) is 0.814. The van der Waals surface area contributed by atoms with E-state index in [2.05, 4.69) is 15.6 Å². The second kappa shape index (κ2) is 5.07. The van der Waals surface area contributed by atoms with Gasteiger partial charge in [0.25, 0.3) is 0 Å². The second-order valence-electron chi connectivity index (χ2n) is 4.30. The first kappa shape index (κ1) is 12.6. The Kier molecular flexibility index (Phi) is 4.01. The average Bonchev–Trinajstić information content (AvgIpc) is 2.21. The van der Waals surface area contributed by atoms with Crippen LogP contribution in [0.2, 0.25) is 0 Å². The van der Waals surface area contributed by atoms with Crippen LogP contribution in [0.5, 0.6) is 0 Å². The first-order valence-corrected chi connectivity index (χ1v) is 5.45. The van der Waals surface area contributed by atoms with Gasteiger partial charge >= 0.3 is 0 Å². The van der Waals surface area contributed by atoms with Gasteiger partial charge in [0.15, 0.2) is 0 Å². The van der Waals surface area contributed by atoms with Gasteiger partial charge in [-0.05, 0) is 39.4 Å². The molecule has 0 fully saturated rings. The Morgan fingerprint density at radius 2 is 2.12 bits per heavy atom. The van der Waals surface area contributed by atoms with Gasteiger partial charge < -0.3 is 10.6 Å². The minimum Gasteiger partial charge on any atom is -0.323 e. The normalized spacial score (nSPS) is 11.2. The number of nitrogens with zero attached hydrogens (tertiary/aromatic N) is 1. The molecule has 4 heteroatoms. The molecule has 1 heterocycles. The Morgan fingerprint density at radius 3 is 2.62 bits per heavy atom. The topological polar surface area (TPSA) is 54.0 Å². The molecule has 1 aromatic heterocycles. The van der Waals surface area contributed by atoms with Gasteiger partial charge in [0.2, 0.25) is 5.91 Å².